The van der Waals surface area contributed by atoms with Crippen molar-refractivity contribution >= 4 is 16.9 Å². The van der Waals surface area contributed by atoms with Crippen LogP contribution in [-0.4, -0.2) is 53.9 Å². The number of imidazole rings is 1. The Morgan fingerprint density at radius 2 is 2.10 bits per heavy atom. The van der Waals surface area contributed by atoms with Gasteiger partial charge in [0.25, 0.3) is 0 Å². The average molecular weight is 399 g/mol. The van der Waals surface area contributed by atoms with E-state index in [1.807, 2.05) is 18.2 Å². The second kappa shape index (κ2) is 7.39. The van der Waals surface area contributed by atoms with Crippen LogP contribution in [0.3, 0.4) is 0 Å². The quantitative estimate of drug-likeness (QED) is 0.581. The van der Waals surface area contributed by atoms with Crippen LogP contribution in [0.15, 0.2) is 48.1 Å². The second-order valence-electron chi connectivity index (χ2n) is 6.91. The Labute approximate surface area is 165 Å². The molecule has 1 aliphatic heterocycles. The summed E-state index contributed by atoms with van der Waals surface area (Å²) in [6.45, 7) is 0.960. The van der Waals surface area contributed by atoms with E-state index >= 15 is 0 Å². The smallest absolute Gasteiger partial charge is 0.209 e. The molecule has 1 fully saturated rings. The second-order valence-corrected chi connectivity index (χ2v) is 6.91. The lowest BCUT2D eigenvalue weighted by Gasteiger charge is -2.27. The molecular formula is C19H21N5O5. The summed E-state index contributed by atoms with van der Waals surface area (Å²) in [5.41, 5.74) is -0.364. The number of aromatic nitrogens is 4. The zero-order valence-corrected chi connectivity index (χ0v) is 16.0. The Morgan fingerprint density at radius 1 is 1.34 bits per heavy atom. The highest BCUT2D eigenvalue weighted by Gasteiger charge is 2.51. The standard InChI is InChI=1S/C19H21N5O5/c1-12(26)19(8-14(27)15(9-25)28-19)24-11-20-16-17(24)21-10-23(2)18(16)22-29-13-6-4-3-5-7-13/h3-7,10-11,14-15,25,27H,8-9H2,1-2H3/t14-,15+,19-/m0/s1. The number of carbonyl (C=O) groups excluding carboxylic acids is 1. The van der Waals surface area contributed by atoms with E-state index in [2.05, 4.69) is 15.1 Å². The Balaban J connectivity index is 1.83. The van der Waals surface area contributed by atoms with Crippen LogP contribution in [0.2, 0.25) is 0 Å². The number of hydrogen-bond donors (Lipinski definition) is 2. The van der Waals surface area contributed by atoms with Crippen molar-refractivity contribution in [2.45, 2.75) is 31.3 Å². The maximum absolute atomic E-state index is 12.5. The number of nitrogens with zero attached hydrogens (tertiary/aromatic N) is 5. The first-order valence-corrected chi connectivity index (χ1v) is 9.09. The molecule has 0 amide bonds. The van der Waals surface area contributed by atoms with Crippen LogP contribution in [0, 0.1) is 0 Å². The van der Waals surface area contributed by atoms with Crippen molar-refractivity contribution in [3.05, 3.63) is 48.5 Å². The summed E-state index contributed by atoms with van der Waals surface area (Å²) in [6, 6.07) is 9.08. The molecule has 0 aliphatic carbocycles. The normalized spacial score (nSPS) is 24.9. The molecule has 4 rings (SSSR count). The van der Waals surface area contributed by atoms with Crippen molar-refractivity contribution in [1.82, 2.24) is 19.1 Å². The summed E-state index contributed by atoms with van der Waals surface area (Å²) in [5.74, 6) is 0.228. The van der Waals surface area contributed by atoms with E-state index in [9.17, 15) is 15.0 Å². The average Bonchev–Trinajstić information content (AvgIpc) is 3.29. The van der Waals surface area contributed by atoms with Gasteiger partial charge in [-0.15, -0.1) is 0 Å². The molecule has 1 aliphatic rings. The van der Waals surface area contributed by atoms with Gasteiger partial charge in [-0.25, -0.2) is 9.97 Å². The number of ketones is 1. The number of aryl methyl sites for hydroxylation is 1. The van der Waals surface area contributed by atoms with Gasteiger partial charge in [0.1, 0.15) is 6.10 Å². The molecular weight excluding hydrogens is 378 g/mol. The number of hydrogen-bond acceptors (Lipinski definition) is 8. The van der Waals surface area contributed by atoms with E-state index < -0.39 is 24.5 Å². The predicted molar refractivity (Wildman–Crippen MR) is 100 cm³/mol. The van der Waals surface area contributed by atoms with Gasteiger partial charge in [-0.05, 0) is 19.1 Å². The minimum absolute atomic E-state index is 0.0191. The highest BCUT2D eigenvalue weighted by molar-refractivity contribution is 5.85. The molecule has 0 unspecified atom stereocenters. The molecule has 0 radical (unpaired) electrons. The molecule has 152 valence electrons. The number of rotatable bonds is 5. The highest BCUT2D eigenvalue weighted by Crippen LogP contribution is 2.37. The number of para-hydroxylation sites is 1. The van der Waals surface area contributed by atoms with Gasteiger partial charge < -0.3 is 24.4 Å². The summed E-state index contributed by atoms with van der Waals surface area (Å²) in [5, 5.41) is 23.9. The van der Waals surface area contributed by atoms with E-state index in [4.69, 9.17) is 9.57 Å². The van der Waals surface area contributed by atoms with Crippen molar-refractivity contribution in [2.24, 2.45) is 12.2 Å². The van der Waals surface area contributed by atoms with Gasteiger partial charge in [-0.1, -0.05) is 23.4 Å². The fourth-order valence-electron chi connectivity index (χ4n) is 3.44. The SMILES string of the molecule is CC(=O)[C@]1(n2cnc3c(=NOc4ccccc4)n(C)cnc32)C[C@H](O)[C@@H](CO)O1. The van der Waals surface area contributed by atoms with E-state index in [-0.39, 0.29) is 12.2 Å². The van der Waals surface area contributed by atoms with E-state index in [1.54, 1.807) is 23.7 Å². The Kier molecular flexibility index (Phi) is 4.91. The maximum atomic E-state index is 12.5. The summed E-state index contributed by atoms with van der Waals surface area (Å²) in [6.07, 6.45) is 1.06. The van der Waals surface area contributed by atoms with Gasteiger partial charge in [0.2, 0.25) is 11.2 Å². The summed E-state index contributed by atoms with van der Waals surface area (Å²) < 4.78 is 8.91. The van der Waals surface area contributed by atoms with Crippen molar-refractivity contribution in [3.63, 3.8) is 0 Å². The van der Waals surface area contributed by atoms with Gasteiger partial charge in [-0.2, -0.15) is 0 Å². The van der Waals surface area contributed by atoms with Crippen molar-refractivity contribution < 1.29 is 24.6 Å². The molecule has 10 nitrogen and oxygen atoms in total. The summed E-state index contributed by atoms with van der Waals surface area (Å²) in [7, 11) is 1.75. The third-order valence-electron chi connectivity index (χ3n) is 5.00. The Hall–Kier alpha value is -3.08. The minimum atomic E-state index is -1.51. The monoisotopic (exact) mass is 399 g/mol. The zero-order valence-electron chi connectivity index (χ0n) is 16.0. The van der Waals surface area contributed by atoms with Gasteiger partial charge in [0.15, 0.2) is 22.7 Å². The molecule has 3 aromatic rings. The molecule has 1 aromatic carbocycles. The third-order valence-corrected chi connectivity index (χ3v) is 5.00. The van der Waals surface area contributed by atoms with Gasteiger partial charge in [-0.3, -0.25) is 9.36 Å². The number of Topliss-reactive ketones (excluding diaryl/α,β-unsaturated/α-hetero) is 1. The van der Waals surface area contributed by atoms with Crippen LogP contribution in [0.5, 0.6) is 5.75 Å². The lowest BCUT2D eigenvalue weighted by atomic mass is 10.0. The van der Waals surface area contributed by atoms with Crippen LogP contribution in [0.25, 0.3) is 11.2 Å². The van der Waals surface area contributed by atoms with Crippen LogP contribution in [0.1, 0.15) is 13.3 Å². The molecule has 3 atom stereocenters. The first-order valence-electron chi connectivity index (χ1n) is 9.09. The molecule has 0 saturated carbocycles. The van der Waals surface area contributed by atoms with Crippen molar-refractivity contribution in [3.8, 4) is 5.75 Å². The number of aliphatic hydroxyl groups is 2. The highest BCUT2D eigenvalue weighted by atomic mass is 16.6. The van der Waals surface area contributed by atoms with Crippen LogP contribution < -0.4 is 10.3 Å². The molecule has 29 heavy (non-hydrogen) atoms. The molecule has 2 N–H and O–H groups in total. The van der Waals surface area contributed by atoms with Crippen LogP contribution >= 0.6 is 0 Å². The zero-order chi connectivity index (χ0) is 20.6. The number of aliphatic hydroxyl groups excluding tert-OH is 2. The number of fused-ring (bicyclic) bond motifs is 1. The number of ether oxygens (including phenoxy) is 1. The van der Waals surface area contributed by atoms with Crippen molar-refractivity contribution in [1.29, 1.82) is 0 Å². The number of benzene rings is 1. The topological polar surface area (TPSA) is 124 Å². The first-order chi connectivity index (χ1) is 14.0. The largest absolute Gasteiger partial charge is 0.394 e. The molecule has 0 spiro atoms. The fraction of sp³-hybridized carbons (Fsp3) is 0.368. The van der Waals surface area contributed by atoms with Crippen molar-refractivity contribution in [2.75, 3.05) is 6.61 Å². The minimum Gasteiger partial charge on any atom is -0.394 e. The third kappa shape index (κ3) is 3.20. The van der Waals surface area contributed by atoms with Crippen LogP contribution in [0.4, 0.5) is 0 Å². The molecule has 2 aromatic heterocycles. The Bertz CT molecular complexity index is 1110. The van der Waals surface area contributed by atoms with Crippen LogP contribution in [-0.2, 0) is 22.3 Å². The fourth-order valence-corrected chi connectivity index (χ4v) is 3.44. The predicted octanol–water partition coefficient (Wildman–Crippen LogP) is 0.0484. The van der Waals surface area contributed by atoms with E-state index in [0.29, 0.717) is 22.4 Å². The lowest BCUT2D eigenvalue weighted by molar-refractivity contribution is -0.158. The molecule has 3 heterocycles. The van der Waals surface area contributed by atoms with Gasteiger partial charge in [0.05, 0.1) is 25.4 Å². The molecule has 10 heteroatoms. The summed E-state index contributed by atoms with van der Waals surface area (Å²) >= 11 is 0. The molecule has 1 saturated heterocycles. The molecule has 0 bridgehead atoms. The number of carbonyl (C=O) groups is 1. The first kappa shape index (κ1) is 19.2. The van der Waals surface area contributed by atoms with E-state index in [0.717, 1.165) is 0 Å². The van der Waals surface area contributed by atoms with Gasteiger partial charge in [0, 0.05) is 13.5 Å². The maximum Gasteiger partial charge on any atom is 0.209 e. The summed E-state index contributed by atoms with van der Waals surface area (Å²) in [4.78, 5) is 26.8. The van der Waals surface area contributed by atoms with Gasteiger partial charge >= 0.3 is 0 Å². The van der Waals surface area contributed by atoms with E-state index in [1.165, 1.54) is 24.1 Å². The Morgan fingerprint density at radius 3 is 2.76 bits per heavy atom. The lowest BCUT2D eigenvalue weighted by Crippen LogP contribution is -2.41.